The zero-order chi connectivity index (χ0) is 7.40. The van der Waals surface area contributed by atoms with E-state index < -0.39 is 0 Å². The van der Waals surface area contributed by atoms with Crippen molar-refractivity contribution < 1.29 is 0 Å². The van der Waals surface area contributed by atoms with E-state index in [1.165, 1.54) is 25.8 Å². The van der Waals surface area contributed by atoms with E-state index in [4.69, 9.17) is 0 Å². The summed E-state index contributed by atoms with van der Waals surface area (Å²) < 4.78 is 0. The van der Waals surface area contributed by atoms with Crippen LogP contribution in [0.3, 0.4) is 0 Å². The van der Waals surface area contributed by atoms with Crippen LogP contribution in [-0.4, -0.2) is 38.1 Å². The molecule has 1 saturated heterocycles. The van der Waals surface area contributed by atoms with Gasteiger partial charge in [0, 0.05) is 6.04 Å². The minimum Gasteiger partial charge on any atom is -0.320 e. The predicted octanol–water partition coefficient (Wildman–Crippen LogP) is 0.690. The van der Waals surface area contributed by atoms with Gasteiger partial charge in [0.15, 0.2) is 0 Å². The summed E-state index contributed by atoms with van der Waals surface area (Å²) >= 11 is 0. The Kier molecular flexibility index (Phi) is 3.16. The number of likely N-dealkylation sites (tertiary alicyclic amines) is 1. The van der Waals surface area contributed by atoms with Crippen molar-refractivity contribution >= 4 is 0 Å². The molecule has 0 aromatic carbocycles. The second kappa shape index (κ2) is 3.94. The Morgan fingerprint density at radius 1 is 1.60 bits per heavy atom. The lowest BCUT2D eigenvalue weighted by atomic mass is 10.1. The topological polar surface area (TPSA) is 15.3 Å². The van der Waals surface area contributed by atoms with Crippen molar-refractivity contribution in [3.05, 3.63) is 0 Å². The molecule has 0 amide bonds. The molecular formula is C8H18N2. The van der Waals surface area contributed by atoms with Gasteiger partial charge in [0.1, 0.15) is 0 Å². The van der Waals surface area contributed by atoms with Gasteiger partial charge in [-0.25, -0.2) is 0 Å². The van der Waals surface area contributed by atoms with Crippen LogP contribution in [0, 0.1) is 0 Å². The molecule has 1 N–H and O–H groups in total. The van der Waals surface area contributed by atoms with Crippen LogP contribution in [-0.2, 0) is 0 Å². The molecule has 0 aliphatic carbocycles. The lowest BCUT2D eigenvalue weighted by molar-refractivity contribution is 0.295. The zero-order valence-electron chi connectivity index (χ0n) is 7.06. The first-order valence-corrected chi connectivity index (χ1v) is 4.19. The molecule has 0 bridgehead atoms. The van der Waals surface area contributed by atoms with E-state index in [1.54, 1.807) is 0 Å². The summed E-state index contributed by atoms with van der Waals surface area (Å²) in [6, 6.07) is 0.854. The summed E-state index contributed by atoms with van der Waals surface area (Å²) in [4.78, 5) is 2.47. The van der Waals surface area contributed by atoms with Crippen molar-refractivity contribution in [2.75, 3.05) is 27.2 Å². The highest BCUT2D eigenvalue weighted by Gasteiger charge is 2.19. The van der Waals surface area contributed by atoms with E-state index in [-0.39, 0.29) is 0 Å². The van der Waals surface area contributed by atoms with Crippen LogP contribution < -0.4 is 5.32 Å². The Morgan fingerprint density at radius 3 is 2.90 bits per heavy atom. The average molecular weight is 142 g/mol. The third-order valence-electron chi connectivity index (χ3n) is 2.40. The number of hydrogen-bond donors (Lipinski definition) is 1. The lowest BCUT2D eigenvalue weighted by Gasteiger charge is -2.18. The molecule has 60 valence electrons. The van der Waals surface area contributed by atoms with E-state index in [2.05, 4.69) is 17.3 Å². The fourth-order valence-electron chi connectivity index (χ4n) is 1.65. The molecule has 1 aliphatic rings. The summed E-state index contributed by atoms with van der Waals surface area (Å²) in [7, 11) is 4.25. The Bertz CT molecular complexity index is 93.3. The largest absolute Gasteiger partial charge is 0.320 e. The van der Waals surface area contributed by atoms with Crippen LogP contribution in [0.4, 0.5) is 0 Å². The van der Waals surface area contributed by atoms with Gasteiger partial charge in [0.25, 0.3) is 0 Å². The molecule has 1 fully saturated rings. The average Bonchev–Trinajstić information content (AvgIpc) is 2.31. The molecule has 0 saturated carbocycles. The SMILES string of the molecule is CNCC[C@@H]1CCCN1C. The lowest BCUT2D eigenvalue weighted by Crippen LogP contribution is -2.27. The van der Waals surface area contributed by atoms with Gasteiger partial charge in [-0.2, -0.15) is 0 Å². The van der Waals surface area contributed by atoms with Crippen LogP contribution in [0.1, 0.15) is 19.3 Å². The van der Waals surface area contributed by atoms with Crippen LogP contribution >= 0.6 is 0 Å². The molecule has 2 nitrogen and oxygen atoms in total. The fourth-order valence-corrected chi connectivity index (χ4v) is 1.65. The molecular weight excluding hydrogens is 124 g/mol. The molecule has 0 aromatic heterocycles. The third kappa shape index (κ3) is 1.96. The molecule has 1 rings (SSSR count). The quantitative estimate of drug-likeness (QED) is 0.623. The second-order valence-corrected chi connectivity index (χ2v) is 3.17. The van der Waals surface area contributed by atoms with Crippen LogP contribution in [0.25, 0.3) is 0 Å². The first kappa shape index (κ1) is 8.02. The van der Waals surface area contributed by atoms with Gasteiger partial charge < -0.3 is 10.2 Å². The molecule has 1 heterocycles. The first-order chi connectivity index (χ1) is 4.84. The molecule has 10 heavy (non-hydrogen) atoms. The molecule has 1 atom stereocenters. The maximum atomic E-state index is 3.19. The summed E-state index contributed by atoms with van der Waals surface area (Å²) in [6.07, 6.45) is 4.11. The Hall–Kier alpha value is -0.0800. The van der Waals surface area contributed by atoms with Crippen LogP contribution in [0.5, 0.6) is 0 Å². The molecule has 0 unspecified atom stereocenters. The predicted molar refractivity (Wildman–Crippen MR) is 44.2 cm³/mol. The number of rotatable bonds is 3. The Labute approximate surface area is 63.6 Å². The smallest absolute Gasteiger partial charge is 0.0105 e. The fraction of sp³-hybridized carbons (Fsp3) is 1.00. The minimum absolute atomic E-state index is 0.854. The summed E-state index contributed by atoms with van der Waals surface area (Å²) in [5, 5.41) is 3.19. The van der Waals surface area contributed by atoms with E-state index in [0.717, 1.165) is 12.6 Å². The van der Waals surface area contributed by atoms with E-state index >= 15 is 0 Å². The Morgan fingerprint density at radius 2 is 2.40 bits per heavy atom. The summed E-state index contributed by atoms with van der Waals surface area (Å²) in [6.45, 7) is 2.46. The molecule has 0 radical (unpaired) electrons. The second-order valence-electron chi connectivity index (χ2n) is 3.17. The van der Waals surface area contributed by atoms with E-state index in [0.29, 0.717) is 0 Å². The van der Waals surface area contributed by atoms with Crippen molar-refractivity contribution in [2.45, 2.75) is 25.3 Å². The molecule has 1 aliphatic heterocycles. The maximum absolute atomic E-state index is 3.19. The van der Waals surface area contributed by atoms with Crippen LogP contribution in [0.2, 0.25) is 0 Å². The standard InChI is InChI=1S/C8H18N2/c1-9-6-5-8-4-3-7-10(8)2/h8-9H,3-7H2,1-2H3/t8-/m0/s1. The number of nitrogens with one attached hydrogen (secondary N) is 1. The highest BCUT2D eigenvalue weighted by Crippen LogP contribution is 2.16. The van der Waals surface area contributed by atoms with Gasteiger partial charge in [-0.3, -0.25) is 0 Å². The van der Waals surface area contributed by atoms with Crippen molar-refractivity contribution in [3.63, 3.8) is 0 Å². The summed E-state index contributed by atoms with van der Waals surface area (Å²) in [5.74, 6) is 0. The van der Waals surface area contributed by atoms with Crippen molar-refractivity contribution in [2.24, 2.45) is 0 Å². The monoisotopic (exact) mass is 142 g/mol. The maximum Gasteiger partial charge on any atom is 0.0105 e. The minimum atomic E-state index is 0.854. The van der Waals surface area contributed by atoms with Gasteiger partial charge in [-0.15, -0.1) is 0 Å². The third-order valence-corrected chi connectivity index (χ3v) is 2.40. The van der Waals surface area contributed by atoms with Gasteiger partial charge >= 0.3 is 0 Å². The molecule has 0 spiro atoms. The van der Waals surface area contributed by atoms with E-state index in [1.807, 2.05) is 7.05 Å². The van der Waals surface area contributed by atoms with Gasteiger partial charge in [-0.05, 0) is 46.4 Å². The van der Waals surface area contributed by atoms with Gasteiger partial charge in [-0.1, -0.05) is 0 Å². The van der Waals surface area contributed by atoms with Gasteiger partial charge in [0.05, 0.1) is 0 Å². The highest BCUT2D eigenvalue weighted by atomic mass is 15.1. The first-order valence-electron chi connectivity index (χ1n) is 4.19. The van der Waals surface area contributed by atoms with E-state index in [9.17, 15) is 0 Å². The van der Waals surface area contributed by atoms with Crippen molar-refractivity contribution in [1.29, 1.82) is 0 Å². The summed E-state index contributed by atoms with van der Waals surface area (Å²) in [5.41, 5.74) is 0. The van der Waals surface area contributed by atoms with Gasteiger partial charge in [0.2, 0.25) is 0 Å². The number of nitrogens with zero attached hydrogens (tertiary/aromatic N) is 1. The molecule has 2 heteroatoms. The van der Waals surface area contributed by atoms with Crippen LogP contribution in [0.15, 0.2) is 0 Å². The van der Waals surface area contributed by atoms with Crippen molar-refractivity contribution in [3.8, 4) is 0 Å². The zero-order valence-corrected chi connectivity index (χ0v) is 7.06. The Balaban J connectivity index is 2.14. The molecule has 0 aromatic rings. The number of hydrogen-bond acceptors (Lipinski definition) is 2. The van der Waals surface area contributed by atoms with Crippen molar-refractivity contribution in [1.82, 2.24) is 10.2 Å². The highest BCUT2D eigenvalue weighted by molar-refractivity contribution is 4.76. The normalized spacial score (nSPS) is 27.6.